The number of hydrogen-bond donors (Lipinski definition) is 0. The van der Waals surface area contributed by atoms with E-state index < -0.39 is 0 Å². The van der Waals surface area contributed by atoms with E-state index in [1.807, 2.05) is 43.0 Å². The van der Waals surface area contributed by atoms with Crippen molar-refractivity contribution in [1.82, 2.24) is 15.0 Å². The molecule has 5 nitrogen and oxygen atoms in total. The number of carbonyl (C=O) groups excluding carboxylic acids is 1. The maximum Gasteiger partial charge on any atom is 0.255 e. The third-order valence-electron chi connectivity index (χ3n) is 4.59. The topological polar surface area (TPSA) is 59.2 Å². The van der Waals surface area contributed by atoms with Gasteiger partial charge in [0.1, 0.15) is 6.04 Å². The number of aromatic nitrogens is 2. The van der Waals surface area contributed by atoms with Crippen molar-refractivity contribution in [3.63, 3.8) is 0 Å². The normalized spacial score (nSPS) is 16.7. The summed E-state index contributed by atoms with van der Waals surface area (Å²) in [6.07, 6.45) is 0.935. The van der Waals surface area contributed by atoms with Gasteiger partial charge >= 0.3 is 0 Å². The first-order valence-electron chi connectivity index (χ1n) is 8.25. The highest BCUT2D eigenvalue weighted by atomic mass is 16.5. The lowest BCUT2D eigenvalue weighted by Gasteiger charge is -2.29. The van der Waals surface area contributed by atoms with Crippen LogP contribution < -0.4 is 0 Å². The van der Waals surface area contributed by atoms with Crippen molar-refractivity contribution in [2.75, 3.05) is 0 Å². The summed E-state index contributed by atoms with van der Waals surface area (Å²) in [5.41, 5.74) is 1.85. The van der Waals surface area contributed by atoms with E-state index >= 15 is 0 Å². The molecule has 2 heterocycles. The zero-order chi connectivity index (χ0) is 16.6. The van der Waals surface area contributed by atoms with Crippen LogP contribution in [0.1, 0.15) is 73.7 Å². The fourth-order valence-electron chi connectivity index (χ4n) is 3.01. The maximum atomic E-state index is 12.8. The summed E-state index contributed by atoms with van der Waals surface area (Å²) >= 11 is 0. The van der Waals surface area contributed by atoms with Crippen LogP contribution in [0.4, 0.5) is 0 Å². The first kappa shape index (κ1) is 15.7. The minimum atomic E-state index is -0.181. The van der Waals surface area contributed by atoms with Gasteiger partial charge in [-0.3, -0.25) is 4.79 Å². The summed E-state index contributed by atoms with van der Waals surface area (Å²) in [5.74, 6) is 1.74. The van der Waals surface area contributed by atoms with Gasteiger partial charge in [0.25, 0.3) is 5.91 Å². The highest BCUT2D eigenvalue weighted by Gasteiger charge is 2.38. The van der Waals surface area contributed by atoms with E-state index in [0.29, 0.717) is 18.3 Å². The Hall–Kier alpha value is -2.17. The van der Waals surface area contributed by atoms with Crippen LogP contribution in [0, 0.1) is 5.92 Å². The lowest BCUT2D eigenvalue weighted by atomic mass is 9.97. The third-order valence-corrected chi connectivity index (χ3v) is 4.59. The first-order chi connectivity index (χ1) is 11.0. The van der Waals surface area contributed by atoms with Crippen LogP contribution in [0.3, 0.4) is 0 Å². The summed E-state index contributed by atoms with van der Waals surface area (Å²) in [4.78, 5) is 19.2. The van der Waals surface area contributed by atoms with E-state index in [1.54, 1.807) is 0 Å². The molecular formula is C18H23N3O2. The number of fused-ring (bicyclic) bond motifs is 1. The van der Waals surface area contributed by atoms with Gasteiger partial charge in [-0.05, 0) is 17.5 Å². The van der Waals surface area contributed by atoms with Crippen molar-refractivity contribution < 1.29 is 9.32 Å². The van der Waals surface area contributed by atoms with E-state index in [1.165, 1.54) is 0 Å². The van der Waals surface area contributed by atoms with Crippen LogP contribution in [0.2, 0.25) is 0 Å². The smallest absolute Gasteiger partial charge is 0.255 e. The van der Waals surface area contributed by atoms with Crippen LogP contribution >= 0.6 is 0 Å². The number of amides is 1. The predicted molar refractivity (Wildman–Crippen MR) is 86.9 cm³/mol. The molecule has 0 saturated carbocycles. The van der Waals surface area contributed by atoms with Gasteiger partial charge in [-0.1, -0.05) is 57.5 Å². The van der Waals surface area contributed by atoms with Crippen LogP contribution in [-0.4, -0.2) is 20.9 Å². The largest absolute Gasteiger partial charge is 0.337 e. The fraction of sp³-hybridized carbons (Fsp3) is 0.500. The molecule has 0 spiro atoms. The molecular weight excluding hydrogens is 290 g/mol. The molecule has 2 unspecified atom stereocenters. The monoisotopic (exact) mass is 313 g/mol. The van der Waals surface area contributed by atoms with Crippen molar-refractivity contribution in [1.29, 1.82) is 0 Å². The van der Waals surface area contributed by atoms with Crippen molar-refractivity contribution in [2.24, 2.45) is 5.92 Å². The Morgan fingerprint density at radius 3 is 2.61 bits per heavy atom. The zero-order valence-electron chi connectivity index (χ0n) is 14.1. The molecule has 1 amide bonds. The number of hydrogen-bond acceptors (Lipinski definition) is 4. The molecule has 0 N–H and O–H groups in total. The van der Waals surface area contributed by atoms with Gasteiger partial charge in [-0.2, -0.15) is 4.98 Å². The molecule has 23 heavy (non-hydrogen) atoms. The highest BCUT2D eigenvalue weighted by molar-refractivity contribution is 5.98. The van der Waals surface area contributed by atoms with Crippen LogP contribution in [0.5, 0.6) is 0 Å². The lowest BCUT2D eigenvalue weighted by Crippen LogP contribution is -2.33. The molecule has 0 bridgehead atoms. The first-order valence-corrected chi connectivity index (χ1v) is 8.25. The molecule has 0 radical (unpaired) electrons. The Kier molecular flexibility index (Phi) is 4.20. The average Bonchev–Trinajstić information content (AvgIpc) is 3.14. The van der Waals surface area contributed by atoms with Gasteiger partial charge in [0, 0.05) is 18.0 Å². The van der Waals surface area contributed by atoms with Crippen molar-refractivity contribution in [3.05, 3.63) is 47.1 Å². The van der Waals surface area contributed by atoms with Crippen molar-refractivity contribution in [2.45, 2.75) is 52.6 Å². The Labute approximate surface area is 136 Å². The molecule has 2 atom stereocenters. The number of rotatable bonds is 5. The Bertz CT molecular complexity index is 708. The molecule has 1 aliphatic rings. The van der Waals surface area contributed by atoms with E-state index in [9.17, 15) is 4.79 Å². The van der Waals surface area contributed by atoms with Gasteiger partial charge in [-0.15, -0.1) is 0 Å². The summed E-state index contributed by atoms with van der Waals surface area (Å²) in [5, 5.41) is 4.07. The van der Waals surface area contributed by atoms with E-state index in [4.69, 9.17) is 4.52 Å². The second-order valence-electron chi connectivity index (χ2n) is 6.57. The SMILES string of the molecule is CCC(C)C(c1nc(C(C)C)no1)N1Cc2ccccc2C1=O. The molecule has 122 valence electrons. The zero-order valence-corrected chi connectivity index (χ0v) is 14.1. The quantitative estimate of drug-likeness (QED) is 0.839. The Morgan fingerprint density at radius 1 is 1.26 bits per heavy atom. The van der Waals surface area contributed by atoms with Gasteiger partial charge in [0.05, 0.1) is 0 Å². The fourth-order valence-corrected chi connectivity index (χ4v) is 3.01. The average molecular weight is 313 g/mol. The molecule has 1 aliphatic heterocycles. The Balaban J connectivity index is 1.96. The van der Waals surface area contributed by atoms with Gasteiger partial charge < -0.3 is 9.42 Å². The molecule has 1 aromatic carbocycles. The number of carbonyl (C=O) groups is 1. The number of nitrogens with zero attached hydrogens (tertiary/aromatic N) is 3. The molecule has 0 saturated heterocycles. The summed E-state index contributed by atoms with van der Waals surface area (Å²) in [6, 6.07) is 7.59. The molecule has 3 rings (SSSR count). The summed E-state index contributed by atoms with van der Waals surface area (Å²) in [6.45, 7) is 8.90. The maximum absolute atomic E-state index is 12.8. The highest BCUT2D eigenvalue weighted by Crippen LogP contribution is 2.36. The minimum absolute atomic E-state index is 0.0511. The molecule has 0 fully saturated rings. The molecule has 2 aromatic rings. The van der Waals surface area contributed by atoms with E-state index in [2.05, 4.69) is 24.0 Å². The third kappa shape index (κ3) is 2.76. The molecule has 1 aromatic heterocycles. The Morgan fingerprint density at radius 2 is 2.00 bits per heavy atom. The molecule has 5 heteroatoms. The van der Waals surface area contributed by atoms with Gasteiger partial charge in [0.15, 0.2) is 5.82 Å². The predicted octanol–water partition coefficient (Wildman–Crippen LogP) is 3.94. The van der Waals surface area contributed by atoms with Gasteiger partial charge in [0.2, 0.25) is 5.89 Å². The number of benzene rings is 1. The van der Waals surface area contributed by atoms with E-state index in [-0.39, 0.29) is 23.8 Å². The van der Waals surface area contributed by atoms with Crippen molar-refractivity contribution in [3.8, 4) is 0 Å². The summed E-state index contributed by atoms with van der Waals surface area (Å²) < 4.78 is 5.52. The summed E-state index contributed by atoms with van der Waals surface area (Å²) in [7, 11) is 0. The van der Waals surface area contributed by atoms with Crippen LogP contribution in [0.15, 0.2) is 28.8 Å². The van der Waals surface area contributed by atoms with Crippen molar-refractivity contribution >= 4 is 5.91 Å². The lowest BCUT2D eigenvalue weighted by molar-refractivity contribution is 0.0578. The minimum Gasteiger partial charge on any atom is -0.337 e. The second kappa shape index (κ2) is 6.14. The molecule has 0 aliphatic carbocycles. The van der Waals surface area contributed by atoms with Gasteiger partial charge in [-0.25, -0.2) is 0 Å². The van der Waals surface area contributed by atoms with E-state index in [0.717, 1.165) is 17.5 Å². The second-order valence-corrected chi connectivity index (χ2v) is 6.57. The standard InChI is InChI=1S/C18H23N3O2/c1-5-12(4)15(17-19-16(11(2)3)20-23-17)21-10-13-8-6-7-9-14(13)18(21)22/h6-9,11-12,15H,5,10H2,1-4H3. The van der Waals surface area contributed by atoms with Crippen LogP contribution in [-0.2, 0) is 6.54 Å². The van der Waals surface area contributed by atoms with Crippen LogP contribution in [0.25, 0.3) is 0 Å².